The van der Waals surface area contributed by atoms with Gasteiger partial charge in [0.2, 0.25) is 13.1 Å². The molecule has 0 aliphatic heterocycles. The predicted molar refractivity (Wildman–Crippen MR) is 395 cm³/mol. The van der Waals surface area contributed by atoms with Crippen LogP contribution in [0.2, 0.25) is 0 Å². The first-order valence-electron chi connectivity index (χ1n) is 34.6. The fourth-order valence-electron chi connectivity index (χ4n) is 10.5. The molecule has 7 aromatic carbocycles. The number of carbonyl (C=O) groups is 1. The monoisotopic (exact) mass is 1520 g/mol. The van der Waals surface area contributed by atoms with Crippen LogP contribution in [-0.2, 0) is 43.6 Å². The molecule has 0 aliphatic rings. The van der Waals surface area contributed by atoms with Crippen molar-refractivity contribution in [1.29, 1.82) is 0 Å². The van der Waals surface area contributed by atoms with E-state index in [1.807, 2.05) is 83.7 Å². The maximum Gasteiger partial charge on any atom is 1.00 e. The molecule has 0 unspecified atom stereocenters. The molecule has 11 aromatic rings. The van der Waals surface area contributed by atoms with Gasteiger partial charge in [-0.15, -0.1) is 15.5 Å². The third-order valence-electron chi connectivity index (χ3n) is 14.9. The number of ether oxygens (including phenoxy) is 4. The van der Waals surface area contributed by atoms with Crippen LogP contribution in [0.25, 0.3) is 88.6 Å². The summed E-state index contributed by atoms with van der Waals surface area (Å²) in [5.41, 5.74) is 15.9. The maximum atomic E-state index is 11.6. The number of fused-ring (bicyclic) bond motifs is 4. The molecular weight excluding hydrogens is 1420 g/mol. The van der Waals surface area contributed by atoms with E-state index >= 15 is 0 Å². The van der Waals surface area contributed by atoms with Crippen molar-refractivity contribution in [2.24, 2.45) is 52.7 Å². The molecule has 0 bridgehead atoms. The smallest absolute Gasteiger partial charge is 1.00 e. The summed E-state index contributed by atoms with van der Waals surface area (Å²) in [6.07, 6.45) is 0. The third-order valence-corrected chi connectivity index (χ3v) is 16.2. The van der Waals surface area contributed by atoms with Crippen LogP contribution in [0, 0.1) is 64.4 Å². The zero-order chi connectivity index (χ0) is 74.4. The fraction of sp³-hybridized carbons (Fsp3) is 0.434. The van der Waals surface area contributed by atoms with E-state index in [4.69, 9.17) is 63.7 Å². The van der Waals surface area contributed by atoms with Crippen molar-refractivity contribution in [3.63, 3.8) is 0 Å². The summed E-state index contributed by atoms with van der Waals surface area (Å²) >= 11 is 0. The Labute approximate surface area is 724 Å². The number of carbonyl (C=O) groups excluding carboxylic acids is 1. The van der Waals surface area contributed by atoms with Gasteiger partial charge in [0.15, 0.2) is 11.0 Å². The van der Waals surface area contributed by atoms with E-state index in [2.05, 4.69) is 176 Å². The van der Waals surface area contributed by atoms with Crippen molar-refractivity contribution in [2.75, 3.05) is 33.0 Å². The van der Waals surface area contributed by atoms with Crippen LogP contribution in [0.15, 0.2) is 132 Å². The second-order valence-corrected chi connectivity index (χ2v) is 29.9. The number of nitrogens with one attached hydrogen (secondary N) is 3. The molecular formula is C76H100K2N13NaO12S+2. The standard InChI is InChI=1S/C34H45N6O2.C30H36N6O2.C11H16O3S.CH2O3.2K.HNO2.Na.H/c1-21(2)17-39-35-31-29(25-9-13-27(14-10-25)41-19-23(5)6)33-34(38-40(37-33)18-22(3)4)30(32(31)36-39)26-11-15-28(16-12-26)42-20-24(7)8;1-18(2)15-36-33-29-25(21-7-11-23(12-8-21)37-16-19(3)4)27-28(32-35-31-27)26(30(29)34-36)22-9-13-24(14-10-22)38-17-20(5)6;1-9(2)8-14-15(12,13)11-6-4-10(3)5-7-11;2-1-4-3;;;2-1-3;;/h9-16,21-24H,17-20H2,1-8H3,(H,35,36);7-14,18-20H,15-17H2,1-6H3,(H,31,32,33,34);4-7,9H,8H2,1-3H3;1,3H;;;(H,2,3);;/q+1;;;;2*+1;;+1;-1/p-1. The van der Waals surface area contributed by atoms with Crippen LogP contribution in [0.1, 0.15) is 118 Å². The molecule has 0 amide bonds. The van der Waals surface area contributed by atoms with Gasteiger partial charge in [-0.05, 0) is 135 Å². The zero-order valence-electron chi connectivity index (χ0n) is 65.7. The van der Waals surface area contributed by atoms with Gasteiger partial charge in [0.1, 0.15) is 56.1 Å². The fourth-order valence-corrected chi connectivity index (χ4v) is 11.5. The molecule has 29 heteroatoms. The molecule has 11 rings (SSSR count). The van der Waals surface area contributed by atoms with Crippen LogP contribution in [-0.4, -0.2) is 98.7 Å². The molecule has 0 saturated heterocycles. The van der Waals surface area contributed by atoms with Gasteiger partial charge >= 0.3 is 132 Å². The van der Waals surface area contributed by atoms with Crippen LogP contribution >= 0.6 is 0 Å². The maximum absolute atomic E-state index is 11.6. The van der Waals surface area contributed by atoms with Gasteiger partial charge in [0.25, 0.3) is 16.6 Å². The SMILES string of the molecule is CC(C)COc1ccc(-c2c3n[nH]nc3c(-c3ccc(OCC(C)C)cc3)c3[nH][n+](CC(C)C)nc23)cc1.CC(C)COc1ccc(-c2c3nn(CC(C)C)nc3c(-c3ccc(OCC(C)C)cc3)c3[nH][n+](CC(C)C)nc23)cc1.Cc1ccc(S(=O)(=O)OCC(C)C)cc1.O=CO[O-].O=N[O-].[H-].[K+].[K+].[Na+]. The van der Waals surface area contributed by atoms with Gasteiger partial charge in [-0.2, -0.15) is 38.8 Å². The van der Waals surface area contributed by atoms with Gasteiger partial charge in [-0.25, -0.2) is 0 Å². The van der Waals surface area contributed by atoms with Crippen LogP contribution in [0.5, 0.6) is 23.0 Å². The largest absolute Gasteiger partial charge is 1.00 e. The Balaban J connectivity index is 0.000000419. The summed E-state index contributed by atoms with van der Waals surface area (Å²) in [4.78, 5) is 25.2. The van der Waals surface area contributed by atoms with Gasteiger partial charge < -0.3 is 40.6 Å². The summed E-state index contributed by atoms with van der Waals surface area (Å²) in [6, 6.07) is 39.5. The van der Waals surface area contributed by atoms with E-state index in [-0.39, 0.29) is 158 Å². The molecule has 0 atom stereocenters. The van der Waals surface area contributed by atoms with E-state index in [0.29, 0.717) is 67.9 Å². The summed E-state index contributed by atoms with van der Waals surface area (Å²) in [7, 11) is -3.57. The number of aromatic amines is 3. The zero-order valence-corrected chi connectivity index (χ0v) is 73.7. The van der Waals surface area contributed by atoms with E-state index in [1.165, 1.54) is 0 Å². The Morgan fingerprint density at radius 3 is 1.10 bits per heavy atom. The van der Waals surface area contributed by atoms with E-state index in [0.717, 1.165) is 142 Å². The van der Waals surface area contributed by atoms with Gasteiger partial charge in [-0.1, -0.05) is 177 Å². The minimum absolute atomic E-state index is 0. The van der Waals surface area contributed by atoms with Crippen molar-refractivity contribution in [2.45, 2.75) is 142 Å². The second kappa shape index (κ2) is 44.7. The Morgan fingerprint density at radius 2 is 0.781 bits per heavy atom. The Hall–Kier alpha value is -5.65. The molecule has 4 heterocycles. The average Bonchev–Trinajstić information content (AvgIpc) is 1.56. The minimum Gasteiger partial charge on any atom is -1.00 e. The molecule has 0 aliphatic carbocycles. The molecule has 0 fully saturated rings. The minimum atomic E-state index is -3.57. The Kier molecular flexibility index (Phi) is 39.1. The van der Waals surface area contributed by atoms with E-state index in [9.17, 15) is 8.42 Å². The number of nitrogens with zero attached hydrogens (tertiary/aromatic N) is 10. The summed E-state index contributed by atoms with van der Waals surface area (Å²) in [5, 5.41) is 56.9. The predicted octanol–water partition coefficient (Wildman–Crippen LogP) is 5.66. The third kappa shape index (κ3) is 27.2. The molecule has 3 N–H and O–H groups in total. The van der Waals surface area contributed by atoms with Crippen molar-refractivity contribution >= 4 is 60.7 Å². The number of hydrogen-bond donors (Lipinski definition) is 3. The summed E-state index contributed by atoms with van der Waals surface area (Å²) in [5.74, 6) is 6.75. The van der Waals surface area contributed by atoms with Crippen LogP contribution in [0.4, 0.5) is 0 Å². The second-order valence-electron chi connectivity index (χ2n) is 28.3. The molecule has 105 heavy (non-hydrogen) atoms. The van der Waals surface area contributed by atoms with Crippen LogP contribution in [0.3, 0.4) is 0 Å². The topological polar surface area (TPSA) is 320 Å². The quantitative estimate of drug-likeness (QED) is 0.0106. The van der Waals surface area contributed by atoms with Gasteiger partial charge in [-0.3, -0.25) is 8.98 Å². The number of aromatic nitrogens is 12. The Morgan fingerprint density at radius 1 is 0.476 bits per heavy atom. The summed E-state index contributed by atoms with van der Waals surface area (Å²) in [6.45, 7) is 41.1. The van der Waals surface area contributed by atoms with Gasteiger partial charge in [0.05, 0.1) is 44.5 Å². The molecule has 0 saturated carbocycles. The van der Waals surface area contributed by atoms with E-state index < -0.39 is 10.1 Å². The molecule has 25 nitrogen and oxygen atoms in total. The van der Waals surface area contributed by atoms with Crippen molar-refractivity contribution in [3.05, 3.63) is 137 Å². The van der Waals surface area contributed by atoms with Crippen LogP contribution < -0.4 is 166 Å². The number of hydrogen-bond acceptors (Lipinski definition) is 19. The first-order valence-corrected chi connectivity index (χ1v) is 36.0. The molecule has 548 valence electrons. The number of H-pyrrole nitrogens is 3. The normalized spacial score (nSPS) is 11.2. The first kappa shape index (κ1) is 91.7. The Bertz CT molecular complexity index is 4280. The van der Waals surface area contributed by atoms with Gasteiger partial charge in [0, 0.05) is 44.3 Å². The molecule has 0 radical (unpaired) electrons. The first-order chi connectivity index (χ1) is 48.6. The van der Waals surface area contributed by atoms with Crippen molar-refractivity contribution in [1.82, 2.24) is 50.8 Å². The average molecular weight is 1520 g/mol. The van der Waals surface area contributed by atoms with Crippen molar-refractivity contribution < 1.29 is 190 Å². The van der Waals surface area contributed by atoms with E-state index in [1.54, 1.807) is 24.3 Å². The molecule has 4 aromatic heterocycles. The van der Waals surface area contributed by atoms with Crippen molar-refractivity contribution in [3.8, 4) is 67.5 Å². The molecule has 0 spiro atoms. The number of aryl methyl sites for hydroxylation is 1. The summed E-state index contributed by atoms with van der Waals surface area (Å²) < 4.78 is 51.9. The number of rotatable bonds is 27. The number of benzene rings is 7.